The van der Waals surface area contributed by atoms with Crippen LogP contribution in [0.15, 0.2) is 58.2 Å². The Morgan fingerprint density at radius 1 is 1.12 bits per heavy atom. The lowest BCUT2D eigenvalue weighted by Gasteiger charge is -2.07. The van der Waals surface area contributed by atoms with Gasteiger partial charge in [-0.25, -0.2) is 0 Å². The van der Waals surface area contributed by atoms with E-state index in [0.29, 0.717) is 23.3 Å². The summed E-state index contributed by atoms with van der Waals surface area (Å²) in [6.07, 6.45) is 0. The zero-order valence-electron chi connectivity index (χ0n) is 14.9. The summed E-state index contributed by atoms with van der Waals surface area (Å²) in [6.45, 7) is 6.39. The van der Waals surface area contributed by atoms with Crippen LogP contribution in [-0.4, -0.2) is 27.8 Å². The van der Waals surface area contributed by atoms with Gasteiger partial charge in [0.2, 0.25) is 5.89 Å². The molecule has 3 aromatic rings. The fraction of sp³-hybridized carbons (Fsp3) is 0.250. The number of ether oxygens (including phenoxy) is 1. The van der Waals surface area contributed by atoms with Crippen molar-refractivity contribution in [2.75, 3.05) is 6.61 Å². The van der Waals surface area contributed by atoms with Crippen LogP contribution in [0.1, 0.15) is 29.8 Å². The lowest BCUT2D eigenvalue weighted by Crippen LogP contribution is -2.13. The molecule has 0 N–H and O–H groups in total. The zero-order chi connectivity index (χ0) is 18.5. The van der Waals surface area contributed by atoms with Gasteiger partial charge < -0.3 is 9.15 Å². The van der Waals surface area contributed by atoms with Crippen molar-refractivity contribution in [2.45, 2.75) is 31.2 Å². The topological polar surface area (TPSA) is 65.2 Å². The van der Waals surface area contributed by atoms with Crippen LogP contribution in [-0.2, 0) is 0 Å². The van der Waals surface area contributed by atoms with Gasteiger partial charge in [-0.15, -0.1) is 10.2 Å². The van der Waals surface area contributed by atoms with Crippen LogP contribution in [0.5, 0.6) is 5.75 Å². The van der Waals surface area contributed by atoms with Gasteiger partial charge in [0.15, 0.2) is 5.78 Å². The monoisotopic (exact) mass is 368 g/mol. The van der Waals surface area contributed by atoms with Gasteiger partial charge >= 0.3 is 0 Å². The number of benzene rings is 2. The van der Waals surface area contributed by atoms with Crippen LogP contribution in [0.4, 0.5) is 0 Å². The minimum absolute atomic E-state index is 0.0378. The van der Waals surface area contributed by atoms with E-state index in [-0.39, 0.29) is 11.0 Å². The number of carbonyl (C=O) groups excluding carboxylic acids is 1. The molecule has 0 bridgehead atoms. The Balaban J connectivity index is 1.67. The molecule has 0 aliphatic heterocycles. The highest BCUT2D eigenvalue weighted by molar-refractivity contribution is 8.00. The van der Waals surface area contributed by atoms with Crippen molar-refractivity contribution < 1.29 is 13.9 Å². The SMILES string of the molecule is CCOc1ccc(-c2nnc(S[C@H](C)C(=O)c3ccc(C)cc3)o2)cc1. The molecule has 3 rings (SSSR count). The minimum Gasteiger partial charge on any atom is -0.494 e. The lowest BCUT2D eigenvalue weighted by molar-refractivity contribution is 0.0993. The van der Waals surface area contributed by atoms with Gasteiger partial charge in [0.25, 0.3) is 5.22 Å². The molecule has 5 nitrogen and oxygen atoms in total. The molecule has 1 heterocycles. The van der Waals surface area contributed by atoms with Gasteiger partial charge in [0.1, 0.15) is 5.75 Å². The summed E-state index contributed by atoms with van der Waals surface area (Å²) in [5.41, 5.74) is 2.62. The molecule has 0 saturated heterocycles. The Labute approximate surface area is 156 Å². The first-order valence-electron chi connectivity index (χ1n) is 8.41. The van der Waals surface area contributed by atoms with Crippen molar-refractivity contribution in [1.29, 1.82) is 0 Å². The van der Waals surface area contributed by atoms with E-state index in [9.17, 15) is 4.79 Å². The van der Waals surface area contributed by atoms with Crippen LogP contribution < -0.4 is 4.74 Å². The molecular formula is C20H20N2O3S. The molecule has 1 atom stereocenters. The lowest BCUT2D eigenvalue weighted by atomic mass is 10.1. The first kappa shape index (κ1) is 18.2. The van der Waals surface area contributed by atoms with Crippen molar-refractivity contribution in [3.63, 3.8) is 0 Å². The zero-order valence-corrected chi connectivity index (χ0v) is 15.7. The van der Waals surface area contributed by atoms with Crippen molar-refractivity contribution >= 4 is 17.5 Å². The number of aryl methyl sites for hydroxylation is 1. The van der Waals surface area contributed by atoms with Gasteiger partial charge in [-0.1, -0.05) is 41.6 Å². The normalized spacial score (nSPS) is 12.0. The molecule has 0 saturated carbocycles. The molecule has 0 unspecified atom stereocenters. The average Bonchev–Trinajstić information content (AvgIpc) is 3.11. The average molecular weight is 368 g/mol. The quantitative estimate of drug-likeness (QED) is 0.440. The molecule has 2 aromatic carbocycles. The van der Waals surface area contributed by atoms with Gasteiger partial charge in [-0.3, -0.25) is 4.79 Å². The molecule has 0 radical (unpaired) electrons. The van der Waals surface area contributed by atoms with Gasteiger partial charge in [0.05, 0.1) is 11.9 Å². The number of rotatable bonds is 7. The second kappa shape index (κ2) is 8.19. The molecule has 134 valence electrons. The smallest absolute Gasteiger partial charge is 0.277 e. The molecule has 0 aliphatic rings. The molecule has 0 aliphatic carbocycles. The number of carbonyl (C=O) groups is 1. The van der Waals surface area contributed by atoms with E-state index in [1.165, 1.54) is 11.8 Å². The molecule has 0 fully saturated rings. The fourth-order valence-corrected chi connectivity index (χ4v) is 3.15. The maximum atomic E-state index is 12.5. The Morgan fingerprint density at radius 3 is 2.46 bits per heavy atom. The fourth-order valence-electron chi connectivity index (χ4n) is 2.39. The summed E-state index contributed by atoms with van der Waals surface area (Å²) in [5, 5.41) is 8.18. The third kappa shape index (κ3) is 4.32. The first-order chi connectivity index (χ1) is 12.6. The number of aromatic nitrogens is 2. The Bertz CT molecular complexity index is 873. The Kier molecular flexibility index (Phi) is 5.73. The molecule has 0 spiro atoms. The number of thioether (sulfide) groups is 1. The van der Waals surface area contributed by atoms with Gasteiger partial charge in [-0.05, 0) is 45.0 Å². The molecular weight excluding hydrogens is 348 g/mol. The number of hydrogen-bond acceptors (Lipinski definition) is 6. The van der Waals surface area contributed by atoms with E-state index in [1.54, 1.807) is 0 Å². The summed E-state index contributed by atoms with van der Waals surface area (Å²) in [5.74, 6) is 1.25. The standard InChI is InChI=1S/C20H20N2O3S/c1-4-24-17-11-9-16(10-12-17)19-21-22-20(25-19)26-14(3)18(23)15-7-5-13(2)6-8-15/h5-12,14H,4H2,1-3H3/t14-/m1/s1. The predicted octanol–water partition coefficient (Wildman–Crippen LogP) is 4.81. The molecule has 1 aromatic heterocycles. The van der Waals surface area contributed by atoms with Crippen LogP contribution in [0, 0.1) is 6.92 Å². The first-order valence-corrected chi connectivity index (χ1v) is 9.29. The maximum Gasteiger partial charge on any atom is 0.277 e. The number of ketones is 1. The highest BCUT2D eigenvalue weighted by Crippen LogP contribution is 2.28. The third-order valence-electron chi connectivity index (χ3n) is 3.80. The van der Waals surface area contributed by atoms with Crippen LogP contribution in [0.25, 0.3) is 11.5 Å². The van der Waals surface area contributed by atoms with Gasteiger partial charge in [0, 0.05) is 11.1 Å². The van der Waals surface area contributed by atoms with Crippen molar-refractivity contribution in [1.82, 2.24) is 10.2 Å². The minimum atomic E-state index is -0.314. The van der Waals surface area contributed by atoms with Crippen LogP contribution in [0.3, 0.4) is 0 Å². The molecule has 26 heavy (non-hydrogen) atoms. The second-order valence-corrected chi connectivity index (χ2v) is 7.11. The Morgan fingerprint density at radius 2 is 1.81 bits per heavy atom. The van der Waals surface area contributed by atoms with E-state index < -0.39 is 0 Å². The van der Waals surface area contributed by atoms with Crippen molar-refractivity contribution in [3.8, 4) is 17.2 Å². The van der Waals surface area contributed by atoms with Crippen LogP contribution in [0.2, 0.25) is 0 Å². The highest BCUT2D eigenvalue weighted by Gasteiger charge is 2.20. The summed E-state index contributed by atoms with van der Waals surface area (Å²) in [7, 11) is 0. The Hall–Kier alpha value is -2.60. The number of hydrogen-bond donors (Lipinski definition) is 0. The predicted molar refractivity (Wildman–Crippen MR) is 102 cm³/mol. The summed E-state index contributed by atoms with van der Waals surface area (Å²) in [4.78, 5) is 12.5. The number of nitrogens with zero attached hydrogens (tertiary/aromatic N) is 2. The van der Waals surface area contributed by atoms with Crippen LogP contribution >= 0.6 is 11.8 Å². The highest BCUT2D eigenvalue weighted by atomic mass is 32.2. The van der Waals surface area contributed by atoms with E-state index in [1.807, 2.05) is 69.3 Å². The molecule has 6 heteroatoms. The molecule has 0 amide bonds. The van der Waals surface area contributed by atoms with E-state index >= 15 is 0 Å². The maximum absolute atomic E-state index is 12.5. The number of Topliss-reactive ketones (excluding diaryl/α,β-unsaturated/α-hetero) is 1. The third-order valence-corrected chi connectivity index (χ3v) is 4.74. The summed E-state index contributed by atoms with van der Waals surface area (Å²) in [6, 6.07) is 15.0. The summed E-state index contributed by atoms with van der Waals surface area (Å²) < 4.78 is 11.1. The van der Waals surface area contributed by atoms with E-state index in [0.717, 1.165) is 16.9 Å². The second-order valence-electron chi connectivity index (χ2n) is 5.82. The van der Waals surface area contributed by atoms with E-state index in [2.05, 4.69) is 10.2 Å². The van der Waals surface area contributed by atoms with Gasteiger partial charge in [-0.2, -0.15) is 0 Å². The largest absolute Gasteiger partial charge is 0.494 e. The summed E-state index contributed by atoms with van der Waals surface area (Å²) >= 11 is 1.26. The van der Waals surface area contributed by atoms with Crippen molar-refractivity contribution in [2.24, 2.45) is 0 Å². The van der Waals surface area contributed by atoms with E-state index in [4.69, 9.17) is 9.15 Å². The van der Waals surface area contributed by atoms with Crippen molar-refractivity contribution in [3.05, 3.63) is 59.7 Å².